The third kappa shape index (κ3) is 3.97. The first-order valence-corrected chi connectivity index (χ1v) is 8.75. The van der Waals surface area contributed by atoms with Gasteiger partial charge in [-0.25, -0.2) is 13.2 Å². The fraction of sp³-hybridized carbons (Fsp3) is 0.533. The molecule has 1 aromatic carbocycles. The van der Waals surface area contributed by atoms with Crippen LogP contribution in [0.25, 0.3) is 0 Å². The van der Waals surface area contributed by atoms with E-state index in [4.69, 9.17) is 4.74 Å². The molecule has 116 valence electrons. The van der Waals surface area contributed by atoms with Gasteiger partial charge >= 0.3 is 6.09 Å². The van der Waals surface area contributed by atoms with E-state index in [9.17, 15) is 13.2 Å². The maximum atomic E-state index is 12.1. The minimum absolute atomic E-state index is 0.326. The summed E-state index contributed by atoms with van der Waals surface area (Å²) in [6, 6.07) is 5.08. The number of nitrogens with zero attached hydrogens (tertiary/aromatic N) is 1. The zero-order valence-electron chi connectivity index (χ0n) is 12.8. The predicted molar refractivity (Wildman–Crippen MR) is 79.9 cm³/mol. The SMILES string of the molecule is CC(C)(C)OC(=O)N1CCc2cc(S(C)(=O)=O)ccc2C1. The molecule has 6 heteroatoms. The summed E-state index contributed by atoms with van der Waals surface area (Å²) >= 11 is 0. The highest BCUT2D eigenvalue weighted by Crippen LogP contribution is 2.23. The second-order valence-corrected chi connectivity index (χ2v) is 8.37. The lowest BCUT2D eigenvalue weighted by Crippen LogP contribution is -2.39. The number of hydrogen-bond donors (Lipinski definition) is 0. The largest absolute Gasteiger partial charge is 0.444 e. The van der Waals surface area contributed by atoms with Crippen LogP contribution in [-0.4, -0.2) is 37.8 Å². The Kier molecular flexibility index (Phi) is 4.02. The highest BCUT2D eigenvalue weighted by Gasteiger charge is 2.26. The van der Waals surface area contributed by atoms with Crippen molar-refractivity contribution in [1.29, 1.82) is 0 Å². The number of amides is 1. The molecule has 1 aromatic rings. The van der Waals surface area contributed by atoms with Crippen molar-refractivity contribution in [2.24, 2.45) is 0 Å². The molecule has 5 nitrogen and oxygen atoms in total. The quantitative estimate of drug-likeness (QED) is 0.799. The van der Waals surface area contributed by atoms with E-state index in [1.165, 1.54) is 6.26 Å². The molecule has 21 heavy (non-hydrogen) atoms. The van der Waals surface area contributed by atoms with E-state index in [-0.39, 0.29) is 6.09 Å². The average Bonchev–Trinajstić information content (AvgIpc) is 2.34. The first-order chi connectivity index (χ1) is 9.56. The maximum absolute atomic E-state index is 12.1. The van der Waals surface area contributed by atoms with Crippen LogP contribution < -0.4 is 0 Å². The predicted octanol–water partition coefficient (Wildman–Crippen LogP) is 2.38. The third-order valence-electron chi connectivity index (χ3n) is 3.27. The summed E-state index contributed by atoms with van der Waals surface area (Å²) in [7, 11) is -3.20. The van der Waals surface area contributed by atoms with Crippen molar-refractivity contribution in [1.82, 2.24) is 4.90 Å². The van der Waals surface area contributed by atoms with Crippen LogP contribution in [0.15, 0.2) is 23.1 Å². The molecule has 0 radical (unpaired) electrons. The van der Waals surface area contributed by atoms with E-state index in [0.29, 0.717) is 24.4 Å². The number of hydrogen-bond acceptors (Lipinski definition) is 4. The fourth-order valence-corrected chi connectivity index (χ4v) is 2.91. The molecule has 1 amide bonds. The standard InChI is InChI=1S/C15H21NO4S/c1-15(2,3)20-14(17)16-8-7-11-9-13(21(4,18)19)6-5-12(11)10-16/h5-6,9H,7-8,10H2,1-4H3. The van der Waals surface area contributed by atoms with Gasteiger partial charge in [-0.05, 0) is 50.5 Å². The zero-order valence-corrected chi connectivity index (χ0v) is 13.7. The van der Waals surface area contributed by atoms with Gasteiger partial charge in [-0.1, -0.05) is 6.07 Å². The Hall–Kier alpha value is -1.56. The average molecular weight is 311 g/mol. The molecule has 1 aliphatic rings. The lowest BCUT2D eigenvalue weighted by Gasteiger charge is -2.31. The summed E-state index contributed by atoms with van der Waals surface area (Å²) in [5, 5.41) is 0. The van der Waals surface area contributed by atoms with Crippen LogP contribution in [0.2, 0.25) is 0 Å². The maximum Gasteiger partial charge on any atom is 0.410 e. The van der Waals surface area contributed by atoms with Crippen molar-refractivity contribution >= 4 is 15.9 Å². The van der Waals surface area contributed by atoms with Crippen LogP contribution in [0.4, 0.5) is 4.79 Å². The second-order valence-electron chi connectivity index (χ2n) is 6.35. The Balaban J connectivity index is 2.17. The van der Waals surface area contributed by atoms with Gasteiger partial charge in [0.15, 0.2) is 9.84 Å². The van der Waals surface area contributed by atoms with Crippen LogP contribution in [0.5, 0.6) is 0 Å². The zero-order chi connectivity index (χ0) is 15.8. The number of ether oxygens (including phenoxy) is 1. The van der Waals surface area contributed by atoms with E-state index in [1.807, 2.05) is 20.8 Å². The molecule has 0 unspecified atom stereocenters. The molecule has 0 fully saturated rings. The molecule has 1 heterocycles. The second kappa shape index (κ2) is 5.33. The Morgan fingerprint density at radius 2 is 1.90 bits per heavy atom. The molecule has 0 saturated heterocycles. The molecule has 0 N–H and O–H groups in total. The molecule has 0 spiro atoms. The Labute approximate surface area is 125 Å². The topological polar surface area (TPSA) is 63.7 Å². The lowest BCUT2D eigenvalue weighted by atomic mass is 10.0. The molecule has 0 atom stereocenters. The molecule has 0 saturated carbocycles. The van der Waals surface area contributed by atoms with Gasteiger partial charge in [0.2, 0.25) is 0 Å². The summed E-state index contributed by atoms with van der Waals surface area (Å²) in [6.07, 6.45) is 1.50. The van der Waals surface area contributed by atoms with Gasteiger partial charge in [0.1, 0.15) is 5.60 Å². The van der Waals surface area contributed by atoms with Crippen molar-refractivity contribution in [3.63, 3.8) is 0 Å². The number of carbonyl (C=O) groups excluding carboxylic acids is 1. The van der Waals surface area contributed by atoms with E-state index < -0.39 is 15.4 Å². The molecule has 1 aliphatic heterocycles. The van der Waals surface area contributed by atoms with E-state index in [1.54, 1.807) is 23.1 Å². The van der Waals surface area contributed by atoms with Crippen LogP contribution in [0, 0.1) is 0 Å². The Morgan fingerprint density at radius 3 is 2.48 bits per heavy atom. The number of benzene rings is 1. The highest BCUT2D eigenvalue weighted by atomic mass is 32.2. The van der Waals surface area contributed by atoms with Crippen LogP contribution >= 0.6 is 0 Å². The Bertz CT molecular complexity index is 659. The Morgan fingerprint density at radius 1 is 1.24 bits per heavy atom. The van der Waals surface area contributed by atoms with E-state index in [2.05, 4.69) is 0 Å². The number of carbonyl (C=O) groups is 1. The summed E-state index contributed by atoms with van der Waals surface area (Å²) in [5.41, 5.74) is 1.44. The monoisotopic (exact) mass is 311 g/mol. The van der Waals surface area contributed by atoms with Gasteiger partial charge in [-0.2, -0.15) is 0 Å². The molecule has 0 bridgehead atoms. The number of sulfone groups is 1. The van der Waals surface area contributed by atoms with Crippen molar-refractivity contribution in [2.75, 3.05) is 12.8 Å². The first kappa shape index (κ1) is 15.8. The van der Waals surface area contributed by atoms with Gasteiger partial charge in [-0.15, -0.1) is 0 Å². The van der Waals surface area contributed by atoms with Gasteiger partial charge in [-0.3, -0.25) is 0 Å². The summed E-state index contributed by atoms with van der Waals surface area (Å²) in [4.78, 5) is 14.0. The van der Waals surface area contributed by atoms with Crippen molar-refractivity contribution in [2.45, 2.75) is 44.2 Å². The summed E-state index contributed by atoms with van der Waals surface area (Å²) in [5.74, 6) is 0. The highest BCUT2D eigenvalue weighted by molar-refractivity contribution is 7.90. The minimum Gasteiger partial charge on any atom is -0.444 e. The lowest BCUT2D eigenvalue weighted by molar-refractivity contribution is 0.0224. The summed E-state index contributed by atoms with van der Waals surface area (Å²) in [6.45, 7) is 6.49. The van der Waals surface area contributed by atoms with Gasteiger partial charge in [0.05, 0.1) is 4.90 Å². The van der Waals surface area contributed by atoms with Crippen molar-refractivity contribution in [3.8, 4) is 0 Å². The van der Waals surface area contributed by atoms with E-state index in [0.717, 1.165) is 11.1 Å². The van der Waals surface area contributed by atoms with Crippen LogP contribution in [0.3, 0.4) is 0 Å². The van der Waals surface area contributed by atoms with Crippen LogP contribution in [-0.2, 0) is 27.5 Å². The minimum atomic E-state index is -3.20. The molecule has 0 aromatic heterocycles. The third-order valence-corrected chi connectivity index (χ3v) is 4.38. The normalized spacial score (nSPS) is 15.5. The fourth-order valence-electron chi connectivity index (χ4n) is 2.24. The van der Waals surface area contributed by atoms with Crippen molar-refractivity contribution in [3.05, 3.63) is 29.3 Å². The smallest absolute Gasteiger partial charge is 0.410 e. The van der Waals surface area contributed by atoms with Gasteiger partial charge < -0.3 is 9.64 Å². The molecular weight excluding hydrogens is 290 g/mol. The number of fused-ring (bicyclic) bond motifs is 1. The van der Waals surface area contributed by atoms with E-state index >= 15 is 0 Å². The first-order valence-electron chi connectivity index (χ1n) is 6.86. The van der Waals surface area contributed by atoms with Crippen LogP contribution in [0.1, 0.15) is 31.9 Å². The number of rotatable bonds is 1. The van der Waals surface area contributed by atoms with Crippen molar-refractivity contribution < 1.29 is 17.9 Å². The molecular formula is C15H21NO4S. The molecule has 2 rings (SSSR count). The van der Waals surface area contributed by atoms with Gasteiger partial charge in [0, 0.05) is 19.3 Å². The summed E-state index contributed by atoms with van der Waals surface area (Å²) < 4.78 is 28.5. The van der Waals surface area contributed by atoms with Gasteiger partial charge in [0.25, 0.3) is 0 Å². The molecule has 0 aliphatic carbocycles.